The average Bonchev–Trinajstić information content (AvgIpc) is 3.18. The predicted molar refractivity (Wildman–Crippen MR) is 123 cm³/mol. The van der Waals surface area contributed by atoms with Gasteiger partial charge in [0.1, 0.15) is 11.3 Å². The van der Waals surface area contributed by atoms with Crippen molar-refractivity contribution in [2.24, 2.45) is 0 Å². The first-order valence-corrected chi connectivity index (χ1v) is 11.0. The standard InChI is InChI=1S/C25H32N2O4/c1-4-5-6-7-10-17-27(24-26-21-11-8-9-12-22(21)30-24)18-19-13-15-20(16-14-19)31-25(2,3)23(28)29/h8-9,11-16H,4-7,10,17-18H2,1-3H3,(H,28,29). The molecule has 0 radical (unpaired) electrons. The lowest BCUT2D eigenvalue weighted by molar-refractivity contribution is -0.152. The van der Waals surface area contributed by atoms with E-state index in [2.05, 4.69) is 16.8 Å². The van der Waals surface area contributed by atoms with Gasteiger partial charge < -0.3 is 19.2 Å². The summed E-state index contributed by atoms with van der Waals surface area (Å²) in [5.41, 5.74) is 1.45. The van der Waals surface area contributed by atoms with Crippen LogP contribution < -0.4 is 9.64 Å². The zero-order valence-electron chi connectivity index (χ0n) is 18.6. The molecule has 0 aliphatic rings. The molecule has 0 fully saturated rings. The molecule has 3 rings (SSSR count). The van der Waals surface area contributed by atoms with Crippen molar-refractivity contribution in [2.75, 3.05) is 11.4 Å². The van der Waals surface area contributed by atoms with Gasteiger partial charge in [0.15, 0.2) is 11.2 Å². The molecule has 6 nitrogen and oxygen atoms in total. The Kier molecular flexibility index (Phi) is 7.55. The lowest BCUT2D eigenvalue weighted by Gasteiger charge is -2.23. The number of hydrogen-bond donors (Lipinski definition) is 1. The molecule has 0 aliphatic carbocycles. The summed E-state index contributed by atoms with van der Waals surface area (Å²) in [6.07, 6.45) is 5.98. The zero-order valence-corrected chi connectivity index (χ0v) is 18.6. The number of aliphatic carboxylic acids is 1. The monoisotopic (exact) mass is 424 g/mol. The third-order valence-corrected chi connectivity index (χ3v) is 5.27. The first-order chi connectivity index (χ1) is 14.9. The first kappa shape index (κ1) is 22.7. The van der Waals surface area contributed by atoms with E-state index in [0.29, 0.717) is 18.3 Å². The number of fused-ring (bicyclic) bond motifs is 1. The van der Waals surface area contributed by atoms with Crippen molar-refractivity contribution in [1.29, 1.82) is 0 Å². The molecular weight excluding hydrogens is 392 g/mol. The third-order valence-electron chi connectivity index (χ3n) is 5.27. The van der Waals surface area contributed by atoms with Crippen molar-refractivity contribution in [3.8, 4) is 5.75 Å². The number of rotatable bonds is 12. The second kappa shape index (κ2) is 10.3. The number of nitrogens with zero attached hydrogens (tertiary/aromatic N) is 2. The van der Waals surface area contributed by atoms with Crippen LogP contribution in [0.4, 0.5) is 6.01 Å². The highest BCUT2D eigenvalue weighted by Crippen LogP contribution is 2.25. The van der Waals surface area contributed by atoms with Crippen molar-refractivity contribution in [3.05, 3.63) is 54.1 Å². The second-order valence-corrected chi connectivity index (χ2v) is 8.36. The minimum atomic E-state index is -1.27. The van der Waals surface area contributed by atoms with E-state index in [4.69, 9.17) is 9.15 Å². The smallest absolute Gasteiger partial charge is 0.347 e. The number of carbonyl (C=O) groups is 1. The van der Waals surface area contributed by atoms with Gasteiger partial charge in [0, 0.05) is 13.1 Å². The molecular formula is C25H32N2O4. The number of unbranched alkanes of at least 4 members (excludes halogenated alkanes) is 4. The Balaban J connectivity index is 1.72. The number of benzene rings is 2. The minimum absolute atomic E-state index is 0.532. The molecule has 3 aromatic rings. The van der Waals surface area contributed by atoms with Crippen molar-refractivity contribution in [2.45, 2.75) is 65.0 Å². The summed E-state index contributed by atoms with van der Waals surface area (Å²) in [5.74, 6) is -0.467. The predicted octanol–water partition coefficient (Wildman–Crippen LogP) is 6.05. The quantitative estimate of drug-likeness (QED) is 0.357. The molecule has 166 valence electrons. The molecule has 1 heterocycles. The number of anilines is 1. The lowest BCUT2D eigenvalue weighted by Crippen LogP contribution is -2.37. The third kappa shape index (κ3) is 6.23. The number of carboxylic acids is 1. The van der Waals surface area contributed by atoms with Gasteiger partial charge in [-0.2, -0.15) is 4.98 Å². The van der Waals surface area contributed by atoms with E-state index in [-0.39, 0.29) is 0 Å². The fraction of sp³-hybridized carbons (Fsp3) is 0.440. The number of aromatic nitrogens is 1. The lowest BCUT2D eigenvalue weighted by atomic mass is 10.1. The molecule has 0 aliphatic heterocycles. The summed E-state index contributed by atoms with van der Waals surface area (Å²) in [6, 6.07) is 16.0. The van der Waals surface area contributed by atoms with Crippen LogP contribution in [0.2, 0.25) is 0 Å². The van der Waals surface area contributed by atoms with Crippen molar-refractivity contribution >= 4 is 23.1 Å². The molecule has 2 aromatic carbocycles. The normalized spacial score (nSPS) is 11.6. The summed E-state index contributed by atoms with van der Waals surface area (Å²) < 4.78 is 11.6. The van der Waals surface area contributed by atoms with E-state index in [1.807, 2.05) is 48.5 Å². The van der Waals surface area contributed by atoms with E-state index >= 15 is 0 Å². The number of hydrogen-bond acceptors (Lipinski definition) is 5. The fourth-order valence-corrected chi connectivity index (χ4v) is 3.37. The SMILES string of the molecule is CCCCCCCN(Cc1ccc(OC(C)(C)C(=O)O)cc1)c1nc2ccccc2o1. The van der Waals surface area contributed by atoms with Crippen molar-refractivity contribution in [1.82, 2.24) is 4.98 Å². The minimum Gasteiger partial charge on any atom is -0.478 e. The van der Waals surface area contributed by atoms with Crippen LogP contribution in [0.25, 0.3) is 11.1 Å². The molecule has 0 spiro atoms. The first-order valence-electron chi connectivity index (χ1n) is 11.0. The van der Waals surface area contributed by atoms with Gasteiger partial charge in [0.05, 0.1) is 0 Å². The highest BCUT2D eigenvalue weighted by atomic mass is 16.5. The van der Waals surface area contributed by atoms with Gasteiger partial charge in [-0.25, -0.2) is 4.79 Å². The Labute approximate surface area is 183 Å². The Hall–Kier alpha value is -3.02. The molecule has 0 saturated heterocycles. The summed E-state index contributed by atoms with van der Waals surface area (Å²) in [5, 5.41) is 9.25. The molecule has 31 heavy (non-hydrogen) atoms. The highest BCUT2D eigenvalue weighted by Gasteiger charge is 2.29. The molecule has 0 atom stereocenters. The number of oxazole rings is 1. The van der Waals surface area contributed by atoms with Gasteiger partial charge in [0.2, 0.25) is 0 Å². The fourth-order valence-electron chi connectivity index (χ4n) is 3.37. The average molecular weight is 425 g/mol. The largest absolute Gasteiger partial charge is 0.478 e. The summed E-state index contributed by atoms with van der Waals surface area (Å²) in [6.45, 7) is 6.81. The van der Waals surface area contributed by atoms with Crippen molar-refractivity contribution in [3.63, 3.8) is 0 Å². The Morgan fingerprint density at radius 2 is 1.77 bits per heavy atom. The van der Waals surface area contributed by atoms with Gasteiger partial charge in [-0.05, 0) is 50.1 Å². The maximum absolute atomic E-state index is 11.3. The zero-order chi connectivity index (χ0) is 22.3. The topological polar surface area (TPSA) is 75.8 Å². The number of carboxylic acid groups (broad SMARTS) is 1. The molecule has 0 saturated carbocycles. The molecule has 0 amide bonds. The van der Waals surface area contributed by atoms with Crippen LogP contribution in [0.1, 0.15) is 58.4 Å². The van der Waals surface area contributed by atoms with Crippen LogP contribution in [0.5, 0.6) is 5.75 Å². The van der Waals surface area contributed by atoms with Crippen LogP contribution in [-0.4, -0.2) is 28.2 Å². The summed E-state index contributed by atoms with van der Waals surface area (Å²) in [7, 11) is 0. The van der Waals surface area contributed by atoms with Crippen LogP contribution >= 0.6 is 0 Å². The van der Waals surface area contributed by atoms with Crippen LogP contribution in [0, 0.1) is 0 Å². The van der Waals surface area contributed by atoms with Gasteiger partial charge in [-0.15, -0.1) is 0 Å². The molecule has 6 heteroatoms. The van der Waals surface area contributed by atoms with Gasteiger partial charge in [-0.1, -0.05) is 56.9 Å². The van der Waals surface area contributed by atoms with Crippen LogP contribution in [0.15, 0.2) is 52.9 Å². The highest BCUT2D eigenvalue weighted by molar-refractivity contribution is 5.76. The Morgan fingerprint density at radius 3 is 2.45 bits per heavy atom. The Morgan fingerprint density at radius 1 is 1.06 bits per heavy atom. The maximum atomic E-state index is 11.3. The van der Waals surface area contributed by atoms with Gasteiger partial charge in [-0.3, -0.25) is 0 Å². The van der Waals surface area contributed by atoms with E-state index in [1.165, 1.54) is 39.5 Å². The molecule has 1 N–H and O–H groups in total. The van der Waals surface area contributed by atoms with E-state index in [9.17, 15) is 9.90 Å². The van der Waals surface area contributed by atoms with Crippen LogP contribution in [0.3, 0.4) is 0 Å². The van der Waals surface area contributed by atoms with E-state index in [1.54, 1.807) is 0 Å². The molecule has 1 aromatic heterocycles. The van der Waals surface area contributed by atoms with E-state index in [0.717, 1.165) is 29.6 Å². The summed E-state index contributed by atoms with van der Waals surface area (Å²) in [4.78, 5) is 18.1. The molecule has 0 bridgehead atoms. The number of para-hydroxylation sites is 2. The van der Waals surface area contributed by atoms with Gasteiger partial charge in [0.25, 0.3) is 6.01 Å². The second-order valence-electron chi connectivity index (χ2n) is 8.36. The Bertz CT molecular complexity index is 946. The van der Waals surface area contributed by atoms with Crippen molar-refractivity contribution < 1.29 is 19.1 Å². The summed E-state index contributed by atoms with van der Waals surface area (Å²) >= 11 is 0. The maximum Gasteiger partial charge on any atom is 0.347 e. The van der Waals surface area contributed by atoms with E-state index < -0.39 is 11.6 Å². The van der Waals surface area contributed by atoms with Crippen LogP contribution in [-0.2, 0) is 11.3 Å². The number of ether oxygens (including phenoxy) is 1. The van der Waals surface area contributed by atoms with Gasteiger partial charge >= 0.3 is 5.97 Å². The molecule has 0 unspecified atom stereocenters.